The summed E-state index contributed by atoms with van der Waals surface area (Å²) in [4.78, 5) is 28.0. The number of amides is 1. The van der Waals surface area contributed by atoms with Crippen LogP contribution in [0.15, 0.2) is 12.4 Å². The molecule has 1 amide bonds. The molecule has 144 valence electrons. The van der Waals surface area contributed by atoms with Gasteiger partial charge < -0.3 is 20.0 Å². The van der Waals surface area contributed by atoms with E-state index in [1.165, 1.54) is 0 Å². The van der Waals surface area contributed by atoms with Gasteiger partial charge in [-0.2, -0.15) is 11.8 Å². The van der Waals surface area contributed by atoms with Crippen molar-refractivity contribution in [1.82, 2.24) is 20.2 Å². The summed E-state index contributed by atoms with van der Waals surface area (Å²) in [5.41, 5.74) is 1.06. The first-order valence-electron chi connectivity index (χ1n) is 9.45. The summed E-state index contributed by atoms with van der Waals surface area (Å²) in [6, 6.07) is 0. The molecule has 0 spiro atoms. The molecule has 1 aromatic heterocycles. The van der Waals surface area contributed by atoms with Gasteiger partial charge in [-0.1, -0.05) is 0 Å². The second-order valence-corrected chi connectivity index (χ2v) is 8.42. The number of nitrogens with zero attached hydrogens (tertiary/aromatic N) is 5. The van der Waals surface area contributed by atoms with Crippen molar-refractivity contribution in [3.8, 4) is 0 Å². The zero-order valence-corrected chi connectivity index (χ0v) is 16.7. The molecule has 8 heteroatoms. The van der Waals surface area contributed by atoms with E-state index in [0.29, 0.717) is 0 Å². The van der Waals surface area contributed by atoms with Gasteiger partial charge in [0, 0.05) is 56.7 Å². The van der Waals surface area contributed by atoms with Crippen LogP contribution in [-0.2, 0) is 4.79 Å². The first kappa shape index (κ1) is 19.2. The monoisotopic (exact) mass is 378 g/mol. The first-order chi connectivity index (χ1) is 12.6. The van der Waals surface area contributed by atoms with Crippen LogP contribution >= 0.6 is 11.8 Å². The third-order valence-electron chi connectivity index (χ3n) is 5.01. The van der Waals surface area contributed by atoms with E-state index in [-0.39, 0.29) is 11.8 Å². The summed E-state index contributed by atoms with van der Waals surface area (Å²) >= 11 is 1.99. The Morgan fingerprint density at radius 2 is 1.81 bits per heavy atom. The van der Waals surface area contributed by atoms with Gasteiger partial charge in [0.2, 0.25) is 11.9 Å². The third-order valence-corrected chi connectivity index (χ3v) is 5.95. The predicted octanol–water partition coefficient (Wildman–Crippen LogP) is 0.924. The Hall–Kier alpha value is -1.54. The smallest absolute Gasteiger partial charge is 0.225 e. The Labute approximate surface area is 160 Å². The van der Waals surface area contributed by atoms with Crippen LogP contribution in [0.2, 0.25) is 0 Å². The Bertz CT molecular complexity index is 568. The van der Waals surface area contributed by atoms with Gasteiger partial charge in [0.25, 0.3) is 0 Å². The van der Waals surface area contributed by atoms with E-state index in [4.69, 9.17) is 0 Å². The van der Waals surface area contributed by atoms with E-state index in [1.54, 1.807) is 0 Å². The summed E-state index contributed by atoms with van der Waals surface area (Å²) in [6.07, 6.45) is 5.64. The summed E-state index contributed by atoms with van der Waals surface area (Å²) in [7, 11) is 4.03. The molecule has 0 aliphatic carbocycles. The highest BCUT2D eigenvalue weighted by Crippen LogP contribution is 2.23. The highest BCUT2D eigenvalue weighted by molar-refractivity contribution is 7.99. The zero-order chi connectivity index (χ0) is 18.4. The Morgan fingerprint density at radius 3 is 2.42 bits per heavy atom. The molecule has 0 radical (unpaired) electrons. The maximum Gasteiger partial charge on any atom is 0.225 e. The number of anilines is 2. The van der Waals surface area contributed by atoms with E-state index in [2.05, 4.69) is 30.0 Å². The highest BCUT2D eigenvalue weighted by atomic mass is 32.2. The molecule has 2 saturated heterocycles. The van der Waals surface area contributed by atoms with E-state index in [0.717, 1.165) is 75.3 Å². The summed E-state index contributed by atoms with van der Waals surface area (Å²) in [5.74, 6) is 3.45. The molecule has 0 saturated carbocycles. The molecule has 0 bridgehead atoms. The molecule has 26 heavy (non-hydrogen) atoms. The van der Waals surface area contributed by atoms with E-state index < -0.39 is 0 Å². The SMILES string of the molecule is CN(C)CCNC(=O)C1CCN(c2cnc(N3CCSCC3)nc2)CC1. The predicted molar refractivity (Wildman–Crippen MR) is 108 cm³/mol. The van der Waals surface area contributed by atoms with Crippen LogP contribution in [0, 0.1) is 5.92 Å². The Balaban J connectivity index is 1.46. The van der Waals surface area contributed by atoms with E-state index >= 15 is 0 Å². The van der Waals surface area contributed by atoms with Crippen LogP contribution < -0.4 is 15.1 Å². The van der Waals surface area contributed by atoms with Crippen molar-refractivity contribution in [2.75, 3.05) is 74.7 Å². The number of thioether (sulfide) groups is 1. The van der Waals surface area contributed by atoms with Gasteiger partial charge in [-0.05, 0) is 26.9 Å². The fourth-order valence-corrected chi connectivity index (χ4v) is 4.25. The number of carbonyl (C=O) groups excluding carboxylic acids is 1. The number of carbonyl (C=O) groups is 1. The van der Waals surface area contributed by atoms with Gasteiger partial charge in [0.05, 0.1) is 18.1 Å². The average Bonchev–Trinajstić information content (AvgIpc) is 2.68. The van der Waals surface area contributed by atoms with Gasteiger partial charge in [-0.3, -0.25) is 4.79 Å². The maximum atomic E-state index is 12.3. The molecule has 3 heterocycles. The number of rotatable bonds is 6. The minimum atomic E-state index is 0.124. The topological polar surface area (TPSA) is 64.6 Å². The van der Waals surface area contributed by atoms with Crippen LogP contribution in [0.1, 0.15) is 12.8 Å². The van der Waals surface area contributed by atoms with Crippen LogP contribution in [0.5, 0.6) is 0 Å². The van der Waals surface area contributed by atoms with Gasteiger partial charge in [-0.15, -0.1) is 0 Å². The first-order valence-corrected chi connectivity index (χ1v) is 10.6. The molecule has 0 atom stereocenters. The molecule has 0 aromatic carbocycles. The van der Waals surface area contributed by atoms with Crippen LogP contribution in [-0.4, -0.2) is 85.6 Å². The number of hydrogen-bond donors (Lipinski definition) is 1. The Kier molecular flexibility index (Phi) is 6.96. The molecular formula is C18H30N6OS. The fourth-order valence-electron chi connectivity index (χ4n) is 3.35. The van der Waals surface area contributed by atoms with Crippen LogP contribution in [0.4, 0.5) is 11.6 Å². The van der Waals surface area contributed by atoms with E-state index in [9.17, 15) is 4.79 Å². The molecule has 1 aromatic rings. The number of aromatic nitrogens is 2. The second kappa shape index (κ2) is 9.41. The minimum Gasteiger partial charge on any atom is -0.369 e. The number of likely N-dealkylation sites (N-methyl/N-ethyl adjacent to an activating group) is 1. The normalized spacial score (nSPS) is 19.0. The van der Waals surface area contributed by atoms with E-state index in [1.807, 2.05) is 38.3 Å². The average molecular weight is 379 g/mol. The number of piperidine rings is 1. The van der Waals surface area contributed by atoms with Crippen molar-refractivity contribution in [2.45, 2.75) is 12.8 Å². The molecule has 0 unspecified atom stereocenters. The van der Waals surface area contributed by atoms with Crippen molar-refractivity contribution in [1.29, 1.82) is 0 Å². The second-order valence-electron chi connectivity index (χ2n) is 7.20. The van der Waals surface area contributed by atoms with Crippen molar-refractivity contribution >= 4 is 29.3 Å². The molecular weight excluding hydrogens is 348 g/mol. The van der Waals surface area contributed by atoms with Gasteiger partial charge in [0.1, 0.15) is 0 Å². The number of nitrogens with one attached hydrogen (secondary N) is 1. The number of hydrogen-bond acceptors (Lipinski definition) is 7. The molecule has 2 aliphatic heterocycles. The highest BCUT2D eigenvalue weighted by Gasteiger charge is 2.25. The molecule has 1 N–H and O–H groups in total. The zero-order valence-electron chi connectivity index (χ0n) is 15.9. The Morgan fingerprint density at radius 1 is 1.15 bits per heavy atom. The van der Waals surface area contributed by atoms with Gasteiger partial charge >= 0.3 is 0 Å². The summed E-state index contributed by atoms with van der Waals surface area (Å²) in [6.45, 7) is 5.42. The maximum absolute atomic E-state index is 12.3. The summed E-state index contributed by atoms with van der Waals surface area (Å²) < 4.78 is 0. The lowest BCUT2D eigenvalue weighted by Gasteiger charge is -2.33. The third kappa shape index (κ3) is 5.23. The molecule has 3 rings (SSSR count). The molecule has 2 aliphatic rings. The molecule has 2 fully saturated rings. The van der Waals surface area contributed by atoms with Crippen molar-refractivity contribution in [2.24, 2.45) is 5.92 Å². The van der Waals surface area contributed by atoms with Crippen molar-refractivity contribution in [3.05, 3.63) is 12.4 Å². The standard InChI is InChI=1S/C18H30N6OS/c1-22(2)8-5-19-17(25)15-3-6-23(7-4-15)16-13-20-18(21-14-16)24-9-11-26-12-10-24/h13-15H,3-12H2,1-2H3,(H,19,25). The summed E-state index contributed by atoms with van der Waals surface area (Å²) in [5, 5.41) is 3.05. The fraction of sp³-hybridized carbons (Fsp3) is 0.722. The van der Waals surface area contributed by atoms with Gasteiger partial charge in [0.15, 0.2) is 0 Å². The minimum absolute atomic E-state index is 0.124. The molecule has 7 nitrogen and oxygen atoms in total. The lowest BCUT2D eigenvalue weighted by atomic mass is 9.95. The lowest BCUT2D eigenvalue weighted by Crippen LogP contribution is -2.42. The quantitative estimate of drug-likeness (QED) is 0.790. The van der Waals surface area contributed by atoms with Crippen molar-refractivity contribution < 1.29 is 4.79 Å². The van der Waals surface area contributed by atoms with Crippen LogP contribution in [0.3, 0.4) is 0 Å². The lowest BCUT2D eigenvalue weighted by molar-refractivity contribution is -0.125. The van der Waals surface area contributed by atoms with Crippen molar-refractivity contribution in [3.63, 3.8) is 0 Å². The van der Waals surface area contributed by atoms with Gasteiger partial charge in [-0.25, -0.2) is 9.97 Å². The largest absolute Gasteiger partial charge is 0.369 e. The van der Waals surface area contributed by atoms with Crippen LogP contribution in [0.25, 0.3) is 0 Å².